The summed E-state index contributed by atoms with van der Waals surface area (Å²) in [5.74, 6) is -0.157. The van der Waals surface area contributed by atoms with Crippen molar-refractivity contribution in [2.75, 3.05) is 44.3 Å². The summed E-state index contributed by atoms with van der Waals surface area (Å²) in [6, 6.07) is 11.3. The number of hydrogen-bond donors (Lipinski definition) is 2. The maximum atomic E-state index is 12.4. The van der Waals surface area contributed by atoms with Gasteiger partial charge < -0.3 is 16.0 Å². The number of nitrogens with zero attached hydrogens (tertiary/aromatic N) is 2. The Kier molecular flexibility index (Phi) is 5.96. The molecule has 1 amide bonds. The lowest BCUT2D eigenvalue weighted by Gasteiger charge is -2.32. The Hall–Kier alpha value is -1.89. The van der Waals surface area contributed by atoms with Gasteiger partial charge in [-0.05, 0) is 49.4 Å². The Bertz CT molecular complexity index is 800. The van der Waals surface area contributed by atoms with Crippen LogP contribution >= 0.6 is 15.9 Å². The molecule has 2 aromatic rings. The Morgan fingerprint density at radius 1 is 1.15 bits per heavy atom. The summed E-state index contributed by atoms with van der Waals surface area (Å²) in [5, 5.41) is 2.94. The average Bonchev–Trinajstić information content (AvgIpc) is 2.61. The average molecular weight is 417 g/mol. The number of piperazine rings is 1. The predicted molar refractivity (Wildman–Crippen MR) is 110 cm³/mol. The molecule has 6 heteroatoms. The number of amides is 1. The second-order valence-corrected chi connectivity index (χ2v) is 7.77. The summed E-state index contributed by atoms with van der Waals surface area (Å²) in [6.45, 7) is 7.20. The summed E-state index contributed by atoms with van der Waals surface area (Å²) in [7, 11) is 2.16. The number of nitrogens with one attached hydrogen (secondary N) is 1. The number of hydrogen-bond acceptors (Lipinski definition) is 4. The van der Waals surface area contributed by atoms with Crippen molar-refractivity contribution in [2.45, 2.75) is 13.5 Å². The Morgan fingerprint density at radius 3 is 2.54 bits per heavy atom. The molecule has 0 bridgehead atoms. The van der Waals surface area contributed by atoms with Gasteiger partial charge in [0.25, 0.3) is 5.91 Å². The fourth-order valence-corrected chi connectivity index (χ4v) is 3.49. The quantitative estimate of drug-likeness (QED) is 0.750. The van der Waals surface area contributed by atoms with Gasteiger partial charge in [-0.2, -0.15) is 0 Å². The summed E-state index contributed by atoms with van der Waals surface area (Å²) in [5.41, 5.74) is 10.1. The third-order valence-corrected chi connectivity index (χ3v) is 5.58. The summed E-state index contributed by atoms with van der Waals surface area (Å²) >= 11 is 3.64. The zero-order valence-electron chi connectivity index (χ0n) is 15.3. The number of benzene rings is 2. The van der Waals surface area contributed by atoms with Crippen LogP contribution in [0.2, 0.25) is 0 Å². The molecule has 26 heavy (non-hydrogen) atoms. The van der Waals surface area contributed by atoms with Gasteiger partial charge in [0.15, 0.2) is 0 Å². The summed E-state index contributed by atoms with van der Waals surface area (Å²) in [4.78, 5) is 17.2. The third kappa shape index (κ3) is 4.63. The first kappa shape index (κ1) is 18.9. The highest BCUT2D eigenvalue weighted by molar-refractivity contribution is 9.10. The van der Waals surface area contributed by atoms with Gasteiger partial charge in [-0.1, -0.05) is 28.1 Å². The maximum Gasteiger partial charge on any atom is 0.255 e. The van der Waals surface area contributed by atoms with E-state index in [0.717, 1.165) is 48.4 Å². The highest BCUT2D eigenvalue weighted by atomic mass is 79.9. The van der Waals surface area contributed by atoms with Crippen LogP contribution in [0.3, 0.4) is 0 Å². The molecule has 0 aromatic heterocycles. The molecule has 0 radical (unpaired) electrons. The molecule has 0 spiro atoms. The molecule has 0 unspecified atom stereocenters. The minimum absolute atomic E-state index is 0.157. The Morgan fingerprint density at radius 2 is 1.88 bits per heavy atom. The van der Waals surface area contributed by atoms with E-state index in [9.17, 15) is 4.79 Å². The Balaban J connectivity index is 1.65. The largest absolute Gasteiger partial charge is 0.398 e. The van der Waals surface area contributed by atoms with Crippen LogP contribution in [0.4, 0.5) is 11.4 Å². The van der Waals surface area contributed by atoms with Crippen molar-refractivity contribution >= 4 is 33.2 Å². The number of nitrogen functional groups attached to an aromatic ring is 1. The van der Waals surface area contributed by atoms with Crippen LogP contribution in [-0.4, -0.2) is 48.9 Å². The van der Waals surface area contributed by atoms with Crippen LogP contribution in [0.5, 0.6) is 0 Å². The minimum Gasteiger partial charge on any atom is -0.398 e. The highest BCUT2D eigenvalue weighted by Gasteiger charge is 2.15. The van der Waals surface area contributed by atoms with Crippen molar-refractivity contribution < 1.29 is 4.79 Å². The molecule has 1 fully saturated rings. The van der Waals surface area contributed by atoms with E-state index in [1.807, 2.05) is 25.1 Å². The molecule has 3 rings (SSSR count). The van der Waals surface area contributed by atoms with Gasteiger partial charge in [0.2, 0.25) is 0 Å². The second-order valence-electron chi connectivity index (χ2n) is 6.91. The van der Waals surface area contributed by atoms with Crippen molar-refractivity contribution in [2.24, 2.45) is 0 Å². The molecule has 1 saturated heterocycles. The molecule has 3 N–H and O–H groups in total. The van der Waals surface area contributed by atoms with Crippen molar-refractivity contribution in [3.05, 3.63) is 57.6 Å². The van der Waals surface area contributed by atoms with Crippen LogP contribution in [0, 0.1) is 6.92 Å². The number of nitrogens with two attached hydrogens (primary N) is 1. The standard InChI is InChI=1S/C20H25BrN4O/c1-14-3-4-15(11-19(14)22)20(26)23-17-6-5-16(18(21)12-17)13-25-9-7-24(2)8-10-25/h3-6,11-12H,7-10,13,22H2,1-2H3,(H,23,26). The van der Waals surface area contributed by atoms with Crippen LogP contribution in [0.25, 0.3) is 0 Å². The molecular weight excluding hydrogens is 392 g/mol. The van der Waals surface area contributed by atoms with Gasteiger partial charge in [0.05, 0.1) is 0 Å². The van der Waals surface area contributed by atoms with E-state index in [1.54, 1.807) is 12.1 Å². The van der Waals surface area contributed by atoms with E-state index in [-0.39, 0.29) is 5.91 Å². The predicted octanol–water partition coefficient (Wildman–Crippen LogP) is 3.34. The van der Waals surface area contributed by atoms with Crippen LogP contribution in [0.1, 0.15) is 21.5 Å². The number of anilines is 2. The van der Waals surface area contributed by atoms with Crippen molar-refractivity contribution in [3.8, 4) is 0 Å². The van der Waals surface area contributed by atoms with E-state index < -0.39 is 0 Å². The summed E-state index contributed by atoms with van der Waals surface area (Å²) in [6.07, 6.45) is 0. The number of aryl methyl sites for hydroxylation is 1. The van der Waals surface area contributed by atoms with Gasteiger partial charge in [0.1, 0.15) is 0 Å². The molecule has 0 saturated carbocycles. The van der Waals surface area contributed by atoms with Crippen molar-refractivity contribution in [1.29, 1.82) is 0 Å². The van der Waals surface area contributed by atoms with Crippen LogP contribution < -0.4 is 11.1 Å². The minimum atomic E-state index is -0.157. The topological polar surface area (TPSA) is 61.6 Å². The van der Waals surface area contributed by atoms with E-state index in [0.29, 0.717) is 11.3 Å². The molecule has 2 aromatic carbocycles. The fraction of sp³-hybridized carbons (Fsp3) is 0.350. The maximum absolute atomic E-state index is 12.4. The molecule has 138 valence electrons. The van der Waals surface area contributed by atoms with Gasteiger partial charge in [-0.15, -0.1) is 0 Å². The smallest absolute Gasteiger partial charge is 0.255 e. The first-order valence-electron chi connectivity index (χ1n) is 8.79. The van der Waals surface area contributed by atoms with Gasteiger partial charge >= 0.3 is 0 Å². The second kappa shape index (κ2) is 8.20. The van der Waals surface area contributed by atoms with Gasteiger partial charge in [-0.25, -0.2) is 0 Å². The van der Waals surface area contributed by atoms with Crippen molar-refractivity contribution in [1.82, 2.24) is 9.80 Å². The zero-order chi connectivity index (χ0) is 18.7. The third-order valence-electron chi connectivity index (χ3n) is 4.84. The molecule has 1 aliphatic heterocycles. The normalized spacial score (nSPS) is 15.8. The van der Waals surface area contributed by atoms with Crippen LogP contribution in [0.15, 0.2) is 40.9 Å². The molecule has 1 aliphatic rings. The molecule has 5 nitrogen and oxygen atoms in total. The van der Waals surface area contributed by atoms with E-state index in [2.05, 4.69) is 44.2 Å². The molecule has 1 heterocycles. The molecular formula is C20H25BrN4O. The first-order chi connectivity index (χ1) is 12.4. The van der Waals surface area contributed by atoms with Gasteiger partial charge in [0, 0.05) is 54.1 Å². The van der Waals surface area contributed by atoms with E-state index >= 15 is 0 Å². The van der Waals surface area contributed by atoms with Gasteiger partial charge in [-0.3, -0.25) is 9.69 Å². The number of likely N-dealkylation sites (N-methyl/N-ethyl adjacent to an activating group) is 1. The lowest BCUT2D eigenvalue weighted by Crippen LogP contribution is -2.43. The van der Waals surface area contributed by atoms with Crippen molar-refractivity contribution in [3.63, 3.8) is 0 Å². The van der Waals surface area contributed by atoms with Crippen LogP contribution in [-0.2, 0) is 6.54 Å². The fourth-order valence-electron chi connectivity index (χ4n) is 2.99. The lowest BCUT2D eigenvalue weighted by atomic mass is 10.1. The lowest BCUT2D eigenvalue weighted by molar-refractivity contribution is 0.102. The van der Waals surface area contributed by atoms with E-state index in [4.69, 9.17) is 5.73 Å². The Labute approximate surface area is 163 Å². The number of carbonyl (C=O) groups excluding carboxylic acids is 1. The number of rotatable bonds is 4. The monoisotopic (exact) mass is 416 g/mol. The number of halogens is 1. The van der Waals surface area contributed by atoms with E-state index in [1.165, 1.54) is 5.56 Å². The first-order valence-corrected chi connectivity index (χ1v) is 9.58. The summed E-state index contributed by atoms with van der Waals surface area (Å²) < 4.78 is 1.01. The zero-order valence-corrected chi connectivity index (χ0v) is 16.8. The number of carbonyl (C=O) groups is 1. The molecule has 0 aliphatic carbocycles. The SMILES string of the molecule is Cc1ccc(C(=O)Nc2ccc(CN3CCN(C)CC3)c(Br)c2)cc1N. The molecule has 0 atom stereocenters. The highest BCUT2D eigenvalue weighted by Crippen LogP contribution is 2.24.